The van der Waals surface area contributed by atoms with Crippen molar-refractivity contribution in [3.63, 3.8) is 0 Å². The summed E-state index contributed by atoms with van der Waals surface area (Å²) in [5, 5.41) is 14.9. The van der Waals surface area contributed by atoms with Crippen LogP contribution in [0.25, 0.3) is 0 Å². The lowest BCUT2D eigenvalue weighted by atomic mass is 10.0. The number of hydrogen-bond acceptors (Lipinski definition) is 5. The second kappa shape index (κ2) is 12.6. The van der Waals surface area contributed by atoms with Crippen molar-refractivity contribution < 1.29 is 27.9 Å². The van der Waals surface area contributed by atoms with Gasteiger partial charge >= 0.3 is 12.0 Å². The Morgan fingerprint density at radius 2 is 1.89 bits per heavy atom. The first kappa shape index (κ1) is 29.4. The van der Waals surface area contributed by atoms with Crippen molar-refractivity contribution in [3.05, 3.63) is 76.3 Å². The lowest BCUT2D eigenvalue weighted by Gasteiger charge is -2.42. The summed E-state index contributed by atoms with van der Waals surface area (Å²) in [5.41, 5.74) is 1.37. The number of rotatable bonds is 9. The van der Waals surface area contributed by atoms with Crippen LogP contribution in [0.2, 0.25) is 10.0 Å². The Morgan fingerprint density at radius 3 is 2.53 bits per heavy atom. The minimum atomic E-state index is -4.34. The Labute approximate surface area is 231 Å². The Hall–Kier alpha value is -3.12. The van der Waals surface area contributed by atoms with Crippen LogP contribution in [-0.2, 0) is 19.6 Å². The number of amides is 3. The number of carboxylic acids is 1. The van der Waals surface area contributed by atoms with Gasteiger partial charge in [-0.15, -0.1) is 6.58 Å². The first-order chi connectivity index (χ1) is 17.9. The first-order valence-electron chi connectivity index (χ1n) is 11.7. The summed E-state index contributed by atoms with van der Waals surface area (Å²) >= 11 is 12.0. The molecule has 1 aliphatic rings. The molecule has 10 nitrogen and oxygen atoms in total. The molecule has 0 aliphatic carbocycles. The van der Waals surface area contributed by atoms with Crippen molar-refractivity contribution in [3.8, 4) is 0 Å². The average Bonchev–Trinajstić information content (AvgIpc) is 2.87. The molecule has 204 valence electrons. The molecule has 0 radical (unpaired) electrons. The molecular weight excluding hydrogens is 555 g/mol. The molecule has 0 aromatic heterocycles. The lowest BCUT2D eigenvalue weighted by Crippen LogP contribution is -2.65. The highest BCUT2D eigenvalue weighted by Crippen LogP contribution is 2.30. The van der Waals surface area contributed by atoms with Crippen LogP contribution in [0.15, 0.2) is 60.0 Å². The summed E-state index contributed by atoms with van der Waals surface area (Å²) in [4.78, 5) is 39.3. The summed E-state index contributed by atoms with van der Waals surface area (Å²) in [6.07, 6.45) is -0.358. The van der Waals surface area contributed by atoms with Crippen LogP contribution in [-0.4, -0.2) is 66.4 Å². The van der Waals surface area contributed by atoms with Crippen molar-refractivity contribution in [2.24, 2.45) is 0 Å². The molecule has 0 bridgehead atoms. The topological polar surface area (TPSA) is 136 Å². The molecule has 0 spiro atoms. The van der Waals surface area contributed by atoms with E-state index in [1.807, 2.05) is 13.0 Å². The quantitative estimate of drug-likeness (QED) is 0.387. The molecule has 2 aromatic rings. The predicted octanol–water partition coefficient (Wildman–Crippen LogP) is 3.55. The van der Waals surface area contributed by atoms with E-state index in [2.05, 4.69) is 17.2 Å². The van der Waals surface area contributed by atoms with E-state index in [1.54, 1.807) is 18.2 Å². The van der Waals surface area contributed by atoms with Gasteiger partial charge in [-0.3, -0.25) is 14.5 Å². The zero-order chi connectivity index (χ0) is 28.0. The van der Waals surface area contributed by atoms with Gasteiger partial charge in [-0.25, -0.2) is 13.2 Å². The summed E-state index contributed by atoms with van der Waals surface area (Å²) < 4.78 is 28.3. The summed E-state index contributed by atoms with van der Waals surface area (Å²) in [6.45, 7) is 5.48. The van der Waals surface area contributed by atoms with Crippen LogP contribution in [0, 0.1) is 6.92 Å². The average molecular weight is 583 g/mol. The Bertz CT molecular complexity index is 1340. The number of carbonyl (C=O) groups is 3. The fourth-order valence-corrected chi connectivity index (χ4v) is 6.11. The number of sulfonamides is 1. The van der Waals surface area contributed by atoms with Gasteiger partial charge in [-0.05, 0) is 37.1 Å². The van der Waals surface area contributed by atoms with E-state index in [0.717, 1.165) is 14.8 Å². The van der Waals surface area contributed by atoms with Gasteiger partial charge in [0.15, 0.2) is 6.17 Å². The fourth-order valence-electron chi connectivity index (χ4n) is 4.13. The second-order valence-electron chi connectivity index (χ2n) is 8.66. The van der Waals surface area contributed by atoms with E-state index in [4.69, 9.17) is 23.2 Å². The molecule has 38 heavy (non-hydrogen) atoms. The highest BCUT2D eigenvalue weighted by atomic mass is 35.5. The monoisotopic (exact) mass is 582 g/mol. The standard InChI is InChI=1S/C25H28Cl2N4O6S/c1-3-10-28-25(35)30-11-5-12-31(38(36,37)18-8-9-19(26)20(27)14-18)24(30)23(34)29-21(15-22(32)33)17-7-4-6-16(2)13-17/h3-4,6-9,13-14,21,24H,1,5,10-12,15H2,2H3,(H,28,35)(H,29,34)(H,32,33). The fraction of sp³-hybridized carbons (Fsp3) is 0.320. The van der Waals surface area contributed by atoms with E-state index in [9.17, 15) is 27.9 Å². The minimum absolute atomic E-state index is 0.00676. The Kier molecular flexibility index (Phi) is 9.77. The maximum absolute atomic E-state index is 13.7. The van der Waals surface area contributed by atoms with Crippen molar-refractivity contribution >= 4 is 51.1 Å². The number of urea groups is 1. The van der Waals surface area contributed by atoms with E-state index >= 15 is 0 Å². The van der Waals surface area contributed by atoms with Crippen LogP contribution in [0.5, 0.6) is 0 Å². The molecule has 3 amide bonds. The third kappa shape index (κ3) is 6.84. The van der Waals surface area contributed by atoms with Gasteiger partial charge in [0.05, 0.1) is 27.4 Å². The number of aliphatic carboxylic acids is 1. The van der Waals surface area contributed by atoms with Gasteiger partial charge in [0.1, 0.15) is 0 Å². The van der Waals surface area contributed by atoms with Crippen molar-refractivity contribution in [1.29, 1.82) is 0 Å². The minimum Gasteiger partial charge on any atom is -0.481 e. The van der Waals surface area contributed by atoms with Crippen LogP contribution in [0.1, 0.15) is 30.0 Å². The number of aryl methyl sites for hydroxylation is 1. The van der Waals surface area contributed by atoms with Crippen LogP contribution in [0.4, 0.5) is 4.79 Å². The largest absolute Gasteiger partial charge is 0.481 e. The number of benzene rings is 2. The number of halogens is 2. The van der Waals surface area contributed by atoms with Gasteiger partial charge < -0.3 is 15.7 Å². The van der Waals surface area contributed by atoms with Crippen molar-refractivity contribution in [1.82, 2.24) is 19.8 Å². The molecule has 1 aliphatic heterocycles. The van der Waals surface area contributed by atoms with E-state index < -0.39 is 46.6 Å². The first-order valence-corrected chi connectivity index (χ1v) is 13.9. The highest BCUT2D eigenvalue weighted by Gasteiger charge is 2.44. The van der Waals surface area contributed by atoms with Gasteiger partial charge in [0.25, 0.3) is 5.91 Å². The van der Waals surface area contributed by atoms with Gasteiger partial charge in [-0.2, -0.15) is 4.31 Å². The molecule has 2 atom stereocenters. The molecule has 1 fully saturated rings. The molecule has 1 heterocycles. The third-order valence-corrected chi connectivity index (χ3v) is 8.46. The summed E-state index contributed by atoms with van der Waals surface area (Å²) in [5.74, 6) is -2.02. The predicted molar refractivity (Wildman–Crippen MR) is 143 cm³/mol. The number of hydrogen-bond donors (Lipinski definition) is 3. The Balaban J connectivity index is 2.04. The SMILES string of the molecule is C=CCNC(=O)N1CCCN(S(=O)(=O)c2ccc(Cl)c(Cl)c2)C1C(=O)NC(CC(=O)O)c1cccc(C)c1. The molecule has 3 rings (SSSR count). The maximum Gasteiger partial charge on any atom is 0.319 e. The summed E-state index contributed by atoms with van der Waals surface area (Å²) in [6, 6.07) is 9.04. The molecule has 2 aromatic carbocycles. The number of nitrogens with one attached hydrogen (secondary N) is 2. The van der Waals surface area contributed by atoms with Crippen LogP contribution in [0.3, 0.4) is 0 Å². The normalized spacial score (nSPS) is 16.9. The van der Waals surface area contributed by atoms with Crippen molar-refractivity contribution in [2.75, 3.05) is 19.6 Å². The van der Waals surface area contributed by atoms with Crippen LogP contribution < -0.4 is 10.6 Å². The third-order valence-electron chi connectivity index (χ3n) is 5.88. The van der Waals surface area contributed by atoms with Gasteiger partial charge in [0.2, 0.25) is 10.0 Å². The van der Waals surface area contributed by atoms with E-state index in [0.29, 0.717) is 5.56 Å². The molecule has 13 heteroatoms. The highest BCUT2D eigenvalue weighted by molar-refractivity contribution is 7.89. The van der Waals surface area contributed by atoms with Crippen molar-refractivity contribution in [2.45, 2.75) is 36.9 Å². The maximum atomic E-state index is 13.7. The molecule has 3 N–H and O–H groups in total. The zero-order valence-corrected chi connectivity index (χ0v) is 22.9. The number of carbonyl (C=O) groups excluding carboxylic acids is 2. The van der Waals surface area contributed by atoms with E-state index in [1.165, 1.54) is 24.3 Å². The molecule has 0 saturated carbocycles. The summed E-state index contributed by atoms with van der Waals surface area (Å²) in [7, 11) is -4.34. The van der Waals surface area contributed by atoms with Gasteiger partial charge in [0, 0.05) is 19.6 Å². The molecule has 1 saturated heterocycles. The zero-order valence-electron chi connectivity index (χ0n) is 20.6. The number of carboxylic acid groups (broad SMARTS) is 1. The van der Waals surface area contributed by atoms with Gasteiger partial charge in [-0.1, -0.05) is 59.1 Å². The smallest absolute Gasteiger partial charge is 0.319 e. The van der Waals surface area contributed by atoms with E-state index in [-0.39, 0.29) is 41.0 Å². The second-order valence-corrected chi connectivity index (χ2v) is 11.4. The lowest BCUT2D eigenvalue weighted by molar-refractivity contribution is -0.138. The molecular formula is C25H28Cl2N4O6S. The molecule has 2 unspecified atom stereocenters. The number of nitrogens with zero attached hydrogens (tertiary/aromatic N) is 2. The Morgan fingerprint density at radius 1 is 1.16 bits per heavy atom. The van der Waals surface area contributed by atoms with Crippen LogP contribution >= 0.6 is 23.2 Å².